The lowest BCUT2D eigenvalue weighted by Gasteiger charge is -2.19. The van der Waals surface area contributed by atoms with Crippen molar-refractivity contribution in [3.63, 3.8) is 0 Å². The quantitative estimate of drug-likeness (QED) is 0.885. The molecule has 0 heterocycles. The first-order chi connectivity index (χ1) is 7.43. The van der Waals surface area contributed by atoms with Gasteiger partial charge in [-0.2, -0.15) is 0 Å². The van der Waals surface area contributed by atoms with E-state index in [1.807, 2.05) is 0 Å². The fourth-order valence-electron chi connectivity index (χ4n) is 1.30. The highest BCUT2D eigenvalue weighted by molar-refractivity contribution is 6.33. The minimum absolute atomic E-state index is 0.140. The summed E-state index contributed by atoms with van der Waals surface area (Å²) >= 11 is 5.83. The zero-order valence-corrected chi connectivity index (χ0v) is 10.2. The Bertz CT molecular complexity index is 375. The largest absolute Gasteiger partial charge is 0.370 e. The molecule has 1 unspecified atom stereocenters. The number of para-hydroxylation sites is 1. The molecule has 0 saturated heterocycles. The van der Waals surface area contributed by atoms with Gasteiger partial charge >= 0.3 is 0 Å². The summed E-state index contributed by atoms with van der Waals surface area (Å²) in [4.78, 5) is 13.0. The molecule has 0 aliphatic heterocycles. The van der Waals surface area contributed by atoms with Gasteiger partial charge in [-0.05, 0) is 19.1 Å². The highest BCUT2D eigenvalue weighted by atomic mass is 35.5. The molecule has 0 aromatic heterocycles. The first-order valence-corrected chi connectivity index (χ1v) is 5.23. The molecule has 1 N–H and O–H groups in total. The minimum atomic E-state index is -0.524. The summed E-state index contributed by atoms with van der Waals surface area (Å²) in [7, 11) is 3.28. The number of benzene rings is 1. The number of amides is 1. The summed E-state index contributed by atoms with van der Waals surface area (Å²) in [5, 5.41) is 3.02. The average Bonchev–Trinajstić information content (AvgIpc) is 2.22. The van der Waals surface area contributed by atoms with E-state index in [0.29, 0.717) is 0 Å². The Morgan fingerprint density at radius 1 is 1.50 bits per heavy atom. The van der Waals surface area contributed by atoms with Crippen LogP contribution in [0.1, 0.15) is 6.92 Å². The first-order valence-electron chi connectivity index (χ1n) is 4.85. The van der Waals surface area contributed by atoms with Crippen LogP contribution in [0.5, 0.6) is 0 Å². The smallest absolute Gasteiger partial charge is 0.244 e. The SMILES string of the molecule is CC(Nc1c(F)cccc1Cl)C(=O)N(C)C. The predicted octanol–water partition coefficient (Wildman–Crippen LogP) is 2.37. The number of anilines is 1. The number of likely N-dealkylation sites (N-methyl/N-ethyl adjacent to an activating group) is 1. The van der Waals surface area contributed by atoms with Crippen molar-refractivity contribution in [3.8, 4) is 0 Å². The fraction of sp³-hybridized carbons (Fsp3) is 0.364. The molecule has 0 radical (unpaired) electrons. The van der Waals surface area contributed by atoms with Crippen molar-refractivity contribution in [2.24, 2.45) is 0 Å². The Morgan fingerprint density at radius 3 is 2.62 bits per heavy atom. The molecule has 0 aliphatic rings. The van der Waals surface area contributed by atoms with E-state index in [9.17, 15) is 9.18 Å². The van der Waals surface area contributed by atoms with Gasteiger partial charge in [0.15, 0.2) is 0 Å². The van der Waals surface area contributed by atoms with E-state index >= 15 is 0 Å². The van der Waals surface area contributed by atoms with Crippen molar-refractivity contribution in [2.45, 2.75) is 13.0 Å². The van der Waals surface area contributed by atoms with Crippen LogP contribution in [0.4, 0.5) is 10.1 Å². The molecule has 0 aliphatic carbocycles. The summed E-state index contributed by atoms with van der Waals surface area (Å²) in [6.45, 7) is 1.66. The second-order valence-corrected chi connectivity index (χ2v) is 4.10. The van der Waals surface area contributed by atoms with Gasteiger partial charge in [0.2, 0.25) is 5.91 Å². The van der Waals surface area contributed by atoms with Crippen molar-refractivity contribution in [3.05, 3.63) is 29.0 Å². The number of nitrogens with one attached hydrogen (secondary N) is 1. The Balaban J connectivity index is 2.85. The lowest BCUT2D eigenvalue weighted by atomic mass is 10.2. The summed E-state index contributed by atoms with van der Waals surface area (Å²) < 4.78 is 13.4. The number of hydrogen-bond donors (Lipinski definition) is 1. The Morgan fingerprint density at radius 2 is 2.12 bits per heavy atom. The number of carbonyl (C=O) groups excluding carboxylic acids is 1. The Hall–Kier alpha value is -1.29. The standard InChI is InChI=1S/C11H14ClFN2O/c1-7(11(16)15(2)3)14-10-8(12)5-4-6-9(10)13/h4-7,14H,1-3H3. The molecule has 5 heteroatoms. The van der Waals surface area contributed by atoms with Crippen LogP contribution < -0.4 is 5.32 Å². The van der Waals surface area contributed by atoms with Gasteiger partial charge in [0, 0.05) is 14.1 Å². The van der Waals surface area contributed by atoms with Gasteiger partial charge in [0.1, 0.15) is 11.9 Å². The molecule has 0 spiro atoms. The predicted molar refractivity (Wildman–Crippen MR) is 63.2 cm³/mol. The molecule has 1 aromatic carbocycles. The van der Waals surface area contributed by atoms with Gasteiger partial charge in [-0.1, -0.05) is 17.7 Å². The zero-order valence-electron chi connectivity index (χ0n) is 9.42. The van der Waals surface area contributed by atoms with Gasteiger partial charge < -0.3 is 10.2 Å². The van der Waals surface area contributed by atoms with Crippen molar-refractivity contribution in [1.29, 1.82) is 0 Å². The maximum atomic E-state index is 13.4. The number of nitrogens with zero attached hydrogens (tertiary/aromatic N) is 1. The van der Waals surface area contributed by atoms with E-state index in [4.69, 9.17) is 11.6 Å². The summed E-state index contributed by atoms with van der Waals surface area (Å²) in [5.74, 6) is -0.606. The third kappa shape index (κ3) is 2.85. The van der Waals surface area contributed by atoms with Gasteiger partial charge in [0.05, 0.1) is 10.7 Å². The molecule has 3 nitrogen and oxygen atoms in total. The molecule has 1 rings (SSSR count). The Kier molecular flexibility index (Phi) is 4.12. The highest BCUT2D eigenvalue weighted by Gasteiger charge is 2.17. The van der Waals surface area contributed by atoms with Gasteiger partial charge in [0.25, 0.3) is 0 Å². The molecule has 1 aromatic rings. The molecule has 1 amide bonds. The number of rotatable bonds is 3. The van der Waals surface area contributed by atoms with Crippen LogP contribution in [-0.4, -0.2) is 30.9 Å². The van der Waals surface area contributed by atoms with Gasteiger partial charge in [-0.3, -0.25) is 4.79 Å². The molecule has 0 saturated carbocycles. The van der Waals surface area contributed by atoms with E-state index in [1.54, 1.807) is 27.1 Å². The van der Waals surface area contributed by atoms with Crippen LogP contribution in [0, 0.1) is 5.82 Å². The Labute approximate surface area is 99.2 Å². The minimum Gasteiger partial charge on any atom is -0.370 e. The van der Waals surface area contributed by atoms with Gasteiger partial charge in [-0.25, -0.2) is 4.39 Å². The second kappa shape index (κ2) is 5.16. The van der Waals surface area contributed by atoms with Crippen LogP contribution in [-0.2, 0) is 4.79 Å². The molecule has 0 bridgehead atoms. The average molecular weight is 245 g/mol. The second-order valence-electron chi connectivity index (χ2n) is 3.70. The van der Waals surface area contributed by atoms with E-state index in [1.165, 1.54) is 17.0 Å². The van der Waals surface area contributed by atoms with Crippen LogP contribution in [0.3, 0.4) is 0 Å². The first kappa shape index (κ1) is 12.8. The monoisotopic (exact) mass is 244 g/mol. The summed E-state index contributed by atoms with van der Waals surface area (Å²) in [5.41, 5.74) is 0.159. The number of halogens is 2. The molecule has 0 fully saturated rings. The number of hydrogen-bond acceptors (Lipinski definition) is 2. The van der Waals surface area contributed by atoms with E-state index in [2.05, 4.69) is 5.32 Å². The van der Waals surface area contributed by atoms with Gasteiger partial charge in [-0.15, -0.1) is 0 Å². The third-order valence-corrected chi connectivity index (χ3v) is 2.45. The third-order valence-electron chi connectivity index (χ3n) is 2.13. The van der Waals surface area contributed by atoms with E-state index in [-0.39, 0.29) is 16.6 Å². The van der Waals surface area contributed by atoms with Crippen molar-refractivity contribution in [2.75, 3.05) is 19.4 Å². The molecule has 16 heavy (non-hydrogen) atoms. The zero-order chi connectivity index (χ0) is 12.3. The summed E-state index contributed by atoms with van der Waals surface area (Å²) in [6.07, 6.45) is 0. The molecule has 88 valence electrons. The maximum absolute atomic E-state index is 13.4. The maximum Gasteiger partial charge on any atom is 0.244 e. The van der Waals surface area contributed by atoms with Crippen molar-refractivity contribution in [1.82, 2.24) is 4.90 Å². The van der Waals surface area contributed by atoms with Crippen molar-refractivity contribution < 1.29 is 9.18 Å². The molecular formula is C11H14ClFN2O. The van der Waals surface area contributed by atoms with Crippen LogP contribution in [0.2, 0.25) is 5.02 Å². The van der Waals surface area contributed by atoms with Crippen LogP contribution in [0.15, 0.2) is 18.2 Å². The van der Waals surface area contributed by atoms with Crippen LogP contribution in [0.25, 0.3) is 0 Å². The number of carbonyl (C=O) groups is 1. The van der Waals surface area contributed by atoms with E-state index in [0.717, 1.165) is 0 Å². The summed E-state index contributed by atoms with van der Waals surface area (Å²) in [6, 6.07) is 3.85. The fourth-order valence-corrected chi connectivity index (χ4v) is 1.52. The normalized spacial score (nSPS) is 12.1. The van der Waals surface area contributed by atoms with E-state index < -0.39 is 11.9 Å². The van der Waals surface area contributed by atoms with Crippen LogP contribution >= 0.6 is 11.6 Å². The lowest BCUT2D eigenvalue weighted by Crippen LogP contribution is -2.36. The lowest BCUT2D eigenvalue weighted by molar-refractivity contribution is -0.129. The topological polar surface area (TPSA) is 32.3 Å². The molecular weight excluding hydrogens is 231 g/mol. The highest BCUT2D eigenvalue weighted by Crippen LogP contribution is 2.25. The molecule has 1 atom stereocenters. The van der Waals surface area contributed by atoms with Crippen molar-refractivity contribution >= 4 is 23.2 Å².